The monoisotopic (exact) mass is 329 g/mol. The zero-order valence-electron chi connectivity index (χ0n) is 13.2. The molecule has 0 aliphatic carbocycles. The van der Waals surface area contributed by atoms with Gasteiger partial charge >= 0.3 is 0 Å². The number of aromatic nitrogens is 2. The van der Waals surface area contributed by atoms with Gasteiger partial charge in [-0.1, -0.05) is 5.16 Å². The Hall–Kier alpha value is -2.80. The van der Waals surface area contributed by atoms with Crippen LogP contribution in [0.4, 0.5) is 4.39 Å². The number of carbonyl (C=O) groups excluding carboxylic acids is 1. The minimum absolute atomic E-state index is 0.124. The Balaban J connectivity index is 2.10. The third-order valence-corrected chi connectivity index (χ3v) is 3.56. The molecule has 0 fully saturated rings. The molecule has 0 spiro atoms. The van der Waals surface area contributed by atoms with Gasteiger partial charge < -0.3 is 14.9 Å². The van der Waals surface area contributed by atoms with Crippen LogP contribution in [0, 0.1) is 12.7 Å². The summed E-state index contributed by atoms with van der Waals surface area (Å²) in [7, 11) is 0. The van der Waals surface area contributed by atoms with E-state index in [4.69, 9.17) is 4.52 Å². The molecule has 0 bridgehead atoms. The molecule has 3 rings (SSSR count). The van der Waals surface area contributed by atoms with Gasteiger partial charge in [0.1, 0.15) is 5.82 Å². The van der Waals surface area contributed by atoms with Crippen LogP contribution in [-0.4, -0.2) is 33.8 Å². The van der Waals surface area contributed by atoms with E-state index in [1.54, 1.807) is 32.0 Å². The van der Waals surface area contributed by atoms with Gasteiger partial charge in [-0.2, -0.15) is 0 Å². The van der Waals surface area contributed by atoms with E-state index in [1.807, 2.05) is 0 Å². The number of halogens is 1. The van der Waals surface area contributed by atoms with Crippen molar-refractivity contribution in [2.24, 2.45) is 0 Å². The molecule has 0 aliphatic heterocycles. The van der Waals surface area contributed by atoms with E-state index in [2.05, 4.69) is 15.5 Å². The smallest absolute Gasteiger partial charge is 0.259 e. The quantitative estimate of drug-likeness (QED) is 0.767. The van der Waals surface area contributed by atoms with Crippen molar-refractivity contribution >= 4 is 17.0 Å². The molecule has 3 aromatic rings. The lowest BCUT2D eigenvalue weighted by Gasteiger charge is -2.09. The molecule has 0 radical (unpaired) electrons. The van der Waals surface area contributed by atoms with Crippen LogP contribution in [0.2, 0.25) is 0 Å². The summed E-state index contributed by atoms with van der Waals surface area (Å²) < 4.78 is 18.3. The molecule has 7 heteroatoms. The Morgan fingerprint density at radius 2 is 2.08 bits per heavy atom. The summed E-state index contributed by atoms with van der Waals surface area (Å²) in [5, 5.41) is 16.4. The van der Waals surface area contributed by atoms with Crippen molar-refractivity contribution in [2.75, 3.05) is 6.54 Å². The Kier molecular flexibility index (Phi) is 4.26. The summed E-state index contributed by atoms with van der Waals surface area (Å²) >= 11 is 0. The maximum Gasteiger partial charge on any atom is 0.259 e. The van der Waals surface area contributed by atoms with Gasteiger partial charge in [0.2, 0.25) is 0 Å². The summed E-state index contributed by atoms with van der Waals surface area (Å²) in [6, 6.07) is 7.39. The minimum Gasteiger partial charge on any atom is -0.392 e. The van der Waals surface area contributed by atoms with E-state index in [1.165, 1.54) is 12.1 Å². The fraction of sp³-hybridized carbons (Fsp3) is 0.235. The van der Waals surface area contributed by atoms with Gasteiger partial charge in [0.05, 0.1) is 28.4 Å². The summed E-state index contributed by atoms with van der Waals surface area (Å²) in [5.41, 5.74) is 2.25. The second-order valence-electron chi connectivity index (χ2n) is 5.57. The van der Waals surface area contributed by atoms with Gasteiger partial charge in [0, 0.05) is 12.1 Å². The molecule has 6 nitrogen and oxygen atoms in total. The first-order valence-corrected chi connectivity index (χ1v) is 7.45. The highest BCUT2D eigenvalue weighted by molar-refractivity contribution is 6.07. The van der Waals surface area contributed by atoms with E-state index in [0.29, 0.717) is 27.9 Å². The number of nitrogens with one attached hydrogen (secondary N) is 1. The van der Waals surface area contributed by atoms with Crippen molar-refractivity contribution in [3.05, 3.63) is 47.4 Å². The van der Waals surface area contributed by atoms with Crippen LogP contribution < -0.4 is 5.32 Å². The highest BCUT2D eigenvalue weighted by Crippen LogP contribution is 2.27. The molecule has 2 heterocycles. The van der Waals surface area contributed by atoms with Crippen LogP contribution in [0.5, 0.6) is 0 Å². The van der Waals surface area contributed by atoms with Gasteiger partial charge in [-0.3, -0.25) is 4.79 Å². The van der Waals surface area contributed by atoms with Crippen LogP contribution >= 0.6 is 0 Å². The van der Waals surface area contributed by atoms with Crippen LogP contribution in [0.1, 0.15) is 23.0 Å². The zero-order chi connectivity index (χ0) is 17.3. The molecule has 24 heavy (non-hydrogen) atoms. The van der Waals surface area contributed by atoms with Gasteiger partial charge in [0.15, 0.2) is 0 Å². The summed E-state index contributed by atoms with van der Waals surface area (Å²) in [6.07, 6.45) is -0.661. The number of amides is 1. The summed E-state index contributed by atoms with van der Waals surface area (Å²) in [4.78, 5) is 16.8. The number of nitrogens with zero attached hydrogens (tertiary/aromatic N) is 2. The maximum atomic E-state index is 13.1. The van der Waals surface area contributed by atoms with E-state index < -0.39 is 6.10 Å². The number of benzene rings is 1. The molecule has 2 N–H and O–H groups in total. The molecule has 0 aliphatic rings. The number of hydrogen-bond donors (Lipinski definition) is 2. The Labute approximate surface area is 137 Å². The normalized spacial score (nSPS) is 12.3. The number of carbonyl (C=O) groups is 1. The van der Waals surface area contributed by atoms with Crippen molar-refractivity contribution < 1.29 is 18.8 Å². The average Bonchev–Trinajstić information content (AvgIpc) is 2.94. The number of aryl methyl sites for hydroxylation is 1. The number of fused-ring (bicyclic) bond motifs is 1. The predicted octanol–water partition coefficient (Wildman–Crippen LogP) is 2.45. The van der Waals surface area contributed by atoms with E-state index >= 15 is 0 Å². The van der Waals surface area contributed by atoms with Crippen molar-refractivity contribution in [2.45, 2.75) is 20.0 Å². The fourth-order valence-corrected chi connectivity index (χ4v) is 2.38. The maximum absolute atomic E-state index is 13.1. The third-order valence-electron chi connectivity index (χ3n) is 3.56. The molecule has 0 unspecified atom stereocenters. The number of rotatable bonds is 4. The van der Waals surface area contributed by atoms with Gasteiger partial charge in [-0.25, -0.2) is 9.37 Å². The molecule has 124 valence electrons. The Bertz CT molecular complexity index is 888. The predicted molar refractivity (Wildman–Crippen MR) is 85.9 cm³/mol. The minimum atomic E-state index is -0.661. The second-order valence-corrected chi connectivity index (χ2v) is 5.57. The first kappa shape index (κ1) is 16.1. The molecule has 0 saturated carbocycles. The highest BCUT2D eigenvalue weighted by Gasteiger charge is 2.19. The van der Waals surface area contributed by atoms with E-state index in [9.17, 15) is 14.3 Å². The van der Waals surface area contributed by atoms with Crippen LogP contribution in [0.25, 0.3) is 22.4 Å². The van der Waals surface area contributed by atoms with Gasteiger partial charge in [-0.05, 0) is 44.2 Å². The van der Waals surface area contributed by atoms with Crippen molar-refractivity contribution in [1.82, 2.24) is 15.5 Å². The Morgan fingerprint density at radius 1 is 1.38 bits per heavy atom. The third kappa shape index (κ3) is 3.11. The van der Waals surface area contributed by atoms with Crippen LogP contribution in [0.15, 0.2) is 34.9 Å². The largest absolute Gasteiger partial charge is 0.392 e. The lowest BCUT2D eigenvalue weighted by Crippen LogP contribution is -2.30. The van der Waals surface area contributed by atoms with Gasteiger partial charge in [-0.15, -0.1) is 0 Å². The number of hydrogen-bond acceptors (Lipinski definition) is 5. The Morgan fingerprint density at radius 3 is 2.75 bits per heavy atom. The molecule has 2 aromatic heterocycles. The lowest BCUT2D eigenvalue weighted by molar-refractivity contribution is 0.0925. The van der Waals surface area contributed by atoms with Crippen LogP contribution in [0.3, 0.4) is 0 Å². The standard InChI is InChI=1S/C17H16FN3O3/c1-9(22)8-19-16(23)13-7-14(11-3-5-12(18)6-4-11)20-17-15(13)10(2)21-24-17/h3-7,9,22H,8H2,1-2H3,(H,19,23)/t9-/m0/s1. The molecule has 1 amide bonds. The SMILES string of the molecule is Cc1noc2nc(-c3ccc(F)cc3)cc(C(=O)NC[C@H](C)O)c12. The first-order valence-electron chi connectivity index (χ1n) is 7.45. The first-order chi connectivity index (χ1) is 11.5. The fourth-order valence-electron chi connectivity index (χ4n) is 2.38. The second kappa shape index (κ2) is 6.37. The molecular weight excluding hydrogens is 313 g/mol. The van der Waals surface area contributed by atoms with Gasteiger partial charge in [0.25, 0.3) is 11.6 Å². The van der Waals surface area contributed by atoms with E-state index in [0.717, 1.165) is 0 Å². The zero-order valence-corrected chi connectivity index (χ0v) is 13.2. The van der Waals surface area contributed by atoms with Crippen molar-refractivity contribution in [3.63, 3.8) is 0 Å². The number of aliphatic hydroxyl groups excluding tert-OH is 1. The van der Waals surface area contributed by atoms with Crippen molar-refractivity contribution in [3.8, 4) is 11.3 Å². The lowest BCUT2D eigenvalue weighted by atomic mass is 10.0. The topological polar surface area (TPSA) is 88.2 Å². The average molecular weight is 329 g/mol. The van der Waals surface area contributed by atoms with E-state index in [-0.39, 0.29) is 24.0 Å². The molecule has 1 atom stereocenters. The number of pyridine rings is 1. The van der Waals surface area contributed by atoms with Crippen molar-refractivity contribution in [1.29, 1.82) is 0 Å². The number of aliphatic hydroxyl groups is 1. The molecular formula is C17H16FN3O3. The highest BCUT2D eigenvalue weighted by atomic mass is 19.1. The summed E-state index contributed by atoms with van der Waals surface area (Å²) in [5.74, 6) is -0.719. The van der Waals surface area contributed by atoms with Crippen LogP contribution in [-0.2, 0) is 0 Å². The molecule has 1 aromatic carbocycles. The molecule has 0 saturated heterocycles. The summed E-state index contributed by atoms with van der Waals surface area (Å²) in [6.45, 7) is 3.42.